The summed E-state index contributed by atoms with van der Waals surface area (Å²) >= 11 is 0. The van der Waals surface area contributed by atoms with E-state index in [4.69, 9.17) is 4.74 Å². The predicted molar refractivity (Wildman–Crippen MR) is 101 cm³/mol. The van der Waals surface area contributed by atoms with Gasteiger partial charge in [0.15, 0.2) is 5.65 Å². The van der Waals surface area contributed by atoms with E-state index in [0.717, 1.165) is 47.5 Å². The number of aromatic nitrogens is 3. The molecule has 2 aromatic rings. The van der Waals surface area contributed by atoms with Crippen molar-refractivity contribution in [1.29, 1.82) is 0 Å². The Morgan fingerprint density at radius 3 is 2.92 bits per heavy atom. The van der Waals surface area contributed by atoms with Gasteiger partial charge >= 0.3 is 0 Å². The fraction of sp³-hybridized carbons (Fsp3) is 0.632. The number of ether oxygens (including phenoxy) is 1. The van der Waals surface area contributed by atoms with E-state index in [1.807, 2.05) is 14.0 Å². The van der Waals surface area contributed by atoms with Crippen LogP contribution in [0.4, 0.5) is 0 Å². The van der Waals surface area contributed by atoms with Gasteiger partial charge in [-0.15, -0.1) is 5.10 Å². The van der Waals surface area contributed by atoms with Gasteiger partial charge in [-0.25, -0.2) is 9.67 Å². The van der Waals surface area contributed by atoms with Crippen molar-refractivity contribution < 1.29 is 9.53 Å². The van der Waals surface area contributed by atoms with Crippen LogP contribution in [0.3, 0.4) is 0 Å². The molecule has 0 spiro atoms. The van der Waals surface area contributed by atoms with Gasteiger partial charge in [-0.05, 0) is 63.2 Å². The summed E-state index contributed by atoms with van der Waals surface area (Å²) in [7, 11) is 3.48. The topological polar surface area (TPSA) is 81.1 Å². The van der Waals surface area contributed by atoms with Crippen molar-refractivity contribution in [3.8, 4) is 5.88 Å². The number of hydrogen-bond acceptors (Lipinski definition) is 5. The van der Waals surface area contributed by atoms with Crippen molar-refractivity contribution >= 4 is 16.9 Å². The van der Waals surface area contributed by atoms with Gasteiger partial charge < -0.3 is 15.4 Å². The third kappa shape index (κ3) is 3.82. The van der Waals surface area contributed by atoms with Gasteiger partial charge in [-0.3, -0.25) is 4.79 Å². The average Bonchev–Trinajstić information content (AvgIpc) is 2.96. The van der Waals surface area contributed by atoms with Crippen molar-refractivity contribution in [3.63, 3.8) is 0 Å². The van der Waals surface area contributed by atoms with Gasteiger partial charge in [0.05, 0.1) is 12.5 Å². The van der Waals surface area contributed by atoms with Crippen molar-refractivity contribution in [2.75, 3.05) is 26.7 Å². The molecule has 0 bridgehead atoms. The zero-order valence-corrected chi connectivity index (χ0v) is 16.2. The van der Waals surface area contributed by atoms with E-state index >= 15 is 0 Å². The molecule has 142 valence electrons. The summed E-state index contributed by atoms with van der Waals surface area (Å²) in [6, 6.07) is 0. The van der Waals surface area contributed by atoms with Gasteiger partial charge in [0, 0.05) is 25.7 Å². The van der Waals surface area contributed by atoms with Crippen LogP contribution in [0.1, 0.15) is 36.1 Å². The van der Waals surface area contributed by atoms with Crippen molar-refractivity contribution in [2.24, 2.45) is 13.0 Å². The number of methoxy groups -OCH3 is 1. The summed E-state index contributed by atoms with van der Waals surface area (Å²) in [5, 5.41) is 11.8. The van der Waals surface area contributed by atoms with Crippen LogP contribution in [0.2, 0.25) is 0 Å². The van der Waals surface area contributed by atoms with Gasteiger partial charge in [0.1, 0.15) is 0 Å². The first kappa shape index (κ1) is 18.6. The molecule has 7 nitrogen and oxygen atoms in total. The standard InChI is InChI=1S/C19H29N5O2/c1-12-15(7-8-16(25)21-11-14-6-5-9-20-10-14)13(2)22-18-17(12)19(26-4)23-24(18)3/h14,20H,5-11H2,1-4H3,(H,21,25). The summed E-state index contributed by atoms with van der Waals surface area (Å²) in [6.07, 6.45) is 3.52. The normalized spacial score (nSPS) is 17.5. The Hall–Kier alpha value is -2.15. The fourth-order valence-electron chi connectivity index (χ4n) is 3.79. The summed E-state index contributed by atoms with van der Waals surface area (Å²) in [5.74, 6) is 1.24. The minimum Gasteiger partial charge on any atom is -0.479 e. The second-order valence-electron chi connectivity index (χ2n) is 7.15. The maximum absolute atomic E-state index is 12.3. The third-order valence-corrected chi connectivity index (χ3v) is 5.31. The molecule has 7 heteroatoms. The molecule has 0 aromatic carbocycles. The lowest BCUT2D eigenvalue weighted by molar-refractivity contribution is -0.121. The second-order valence-corrected chi connectivity index (χ2v) is 7.15. The quantitative estimate of drug-likeness (QED) is 0.820. The van der Waals surface area contributed by atoms with Crippen LogP contribution in [-0.2, 0) is 18.3 Å². The molecule has 2 aromatic heterocycles. The highest BCUT2D eigenvalue weighted by Gasteiger charge is 2.19. The first-order valence-electron chi connectivity index (χ1n) is 9.35. The second kappa shape index (κ2) is 8.03. The molecule has 26 heavy (non-hydrogen) atoms. The number of fused-ring (bicyclic) bond motifs is 1. The Morgan fingerprint density at radius 2 is 2.23 bits per heavy atom. The Bertz CT molecular complexity index is 793. The van der Waals surface area contributed by atoms with E-state index in [9.17, 15) is 4.79 Å². The van der Waals surface area contributed by atoms with Crippen LogP contribution in [0, 0.1) is 19.8 Å². The van der Waals surface area contributed by atoms with Crippen LogP contribution >= 0.6 is 0 Å². The molecule has 0 saturated carbocycles. The number of hydrogen-bond donors (Lipinski definition) is 2. The van der Waals surface area contributed by atoms with Gasteiger partial charge in [-0.1, -0.05) is 0 Å². The zero-order valence-electron chi connectivity index (χ0n) is 16.2. The van der Waals surface area contributed by atoms with Crippen LogP contribution in [0.5, 0.6) is 5.88 Å². The number of nitrogens with zero attached hydrogens (tertiary/aromatic N) is 3. The molecule has 1 aliphatic rings. The van der Waals surface area contributed by atoms with E-state index in [1.54, 1.807) is 11.8 Å². The molecular weight excluding hydrogens is 330 g/mol. The lowest BCUT2D eigenvalue weighted by Gasteiger charge is -2.22. The number of piperidine rings is 1. The third-order valence-electron chi connectivity index (χ3n) is 5.31. The maximum Gasteiger partial charge on any atom is 0.242 e. The SMILES string of the molecule is COc1nn(C)c2nc(C)c(CCC(=O)NCC3CCCNC3)c(C)c12. The van der Waals surface area contributed by atoms with E-state index in [1.165, 1.54) is 12.8 Å². The Labute approximate surface area is 154 Å². The number of aryl methyl sites for hydroxylation is 3. The van der Waals surface area contributed by atoms with Gasteiger partial charge in [-0.2, -0.15) is 0 Å². The predicted octanol–water partition coefficient (Wildman–Crippen LogP) is 1.64. The lowest BCUT2D eigenvalue weighted by Crippen LogP contribution is -2.38. The van der Waals surface area contributed by atoms with E-state index in [-0.39, 0.29) is 5.91 Å². The van der Waals surface area contributed by atoms with E-state index in [2.05, 4.69) is 27.6 Å². The van der Waals surface area contributed by atoms with Crippen molar-refractivity contribution in [1.82, 2.24) is 25.4 Å². The molecule has 1 unspecified atom stereocenters. The number of nitrogens with one attached hydrogen (secondary N) is 2. The molecular formula is C19H29N5O2. The first-order chi connectivity index (χ1) is 12.5. The molecule has 1 saturated heterocycles. The number of rotatable bonds is 6. The maximum atomic E-state index is 12.3. The molecule has 1 fully saturated rings. The average molecular weight is 359 g/mol. The summed E-state index contributed by atoms with van der Waals surface area (Å²) in [5.41, 5.74) is 3.97. The fourth-order valence-corrected chi connectivity index (χ4v) is 3.79. The Balaban J connectivity index is 1.67. The lowest BCUT2D eigenvalue weighted by atomic mass is 9.99. The smallest absolute Gasteiger partial charge is 0.242 e. The van der Waals surface area contributed by atoms with Crippen LogP contribution < -0.4 is 15.4 Å². The molecule has 1 atom stereocenters. The summed E-state index contributed by atoms with van der Waals surface area (Å²) in [6.45, 7) is 6.91. The van der Waals surface area contributed by atoms with E-state index < -0.39 is 0 Å². The van der Waals surface area contributed by atoms with Crippen LogP contribution in [-0.4, -0.2) is 47.4 Å². The number of pyridine rings is 1. The van der Waals surface area contributed by atoms with Gasteiger partial charge in [0.25, 0.3) is 0 Å². The molecule has 0 aliphatic carbocycles. The summed E-state index contributed by atoms with van der Waals surface area (Å²) < 4.78 is 7.14. The van der Waals surface area contributed by atoms with E-state index in [0.29, 0.717) is 24.6 Å². The van der Waals surface area contributed by atoms with Crippen LogP contribution in [0.25, 0.3) is 11.0 Å². The van der Waals surface area contributed by atoms with Crippen molar-refractivity contribution in [3.05, 3.63) is 16.8 Å². The highest BCUT2D eigenvalue weighted by atomic mass is 16.5. The highest BCUT2D eigenvalue weighted by Crippen LogP contribution is 2.30. The molecule has 3 rings (SSSR count). The number of carbonyl (C=O) groups excluding carboxylic acids is 1. The Kier molecular flexibility index (Phi) is 5.76. The molecule has 0 radical (unpaired) electrons. The molecule has 1 amide bonds. The minimum atomic E-state index is 0.104. The number of amides is 1. The number of carbonyl (C=O) groups is 1. The van der Waals surface area contributed by atoms with Crippen molar-refractivity contribution in [2.45, 2.75) is 39.5 Å². The summed E-state index contributed by atoms with van der Waals surface area (Å²) in [4.78, 5) is 17.0. The monoisotopic (exact) mass is 359 g/mol. The first-order valence-corrected chi connectivity index (χ1v) is 9.35. The molecule has 3 heterocycles. The molecule has 1 aliphatic heterocycles. The Morgan fingerprint density at radius 1 is 1.42 bits per heavy atom. The highest BCUT2D eigenvalue weighted by molar-refractivity contribution is 5.86. The van der Waals surface area contributed by atoms with Crippen LogP contribution in [0.15, 0.2) is 0 Å². The van der Waals surface area contributed by atoms with Gasteiger partial charge in [0.2, 0.25) is 11.8 Å². The largest absolute Gasteiger partial charge is 0.479 e. The zero-order chi connectivity index (χ0) is 18.7. The minimum absolute atomic E-state index is 0.104. The molecule has 2 N–H and O–H groups in total.